The number of anilines is 1. The minimum Gasteiger partial charge on any atom is -0.481 e. The smallest absolute Gasteiger partial charge is 0.307 e. The minimum atomic E-state index is -0.888. The summed E-state index contributed by atoms with van der Waals surface area (Å²) >= 11 is 1.41. The van der Waals surface area contributed by atoms with E-state index < -0.39 is 17.8 Å². The van der Waals surface area contributed by atoms with Crippen molar-refractivity contribution in [2.45, 2.75) is 6.42 Å². The highest BCUT2D eigenvalue weighted by Gasteiger charge is 2.51. The standard InChI is InChI=1S/C16H14N2O3S/c19-14(12-8-5-6-9(7-8)13(12)15(20)21)18-16-17-10-3-1-2-4-11(10)22-16/h1-6,8-9,12-13H,7H2,(H,20,21)(H,17,18,19)/t8-,9+,12-,13+/m1/s1. The molecule has 0 aliphatic heterocycles. The lowest BCUT2D eigenvalue weighted by atomic mass is 9.82. The summed E-state index contributed by atoms with van der Waals surface area (Å²) in [7, 11) is 0. The summed E-state index contributed by atoms with van der Waals surface area (Å²) in [6.07, 6.45) is 4.67. The summed E-state index contributed by atoms with van der Waals surface area (Å²) in [5.74, 6) is -2.23. The average molecular weight is 314 g/mol. The lowest BCUT2D eigenvalue weighted by molar-refractivity contribution is -0.146. The molecule has 0 spiro atoms. The molecule has 5 nitrogen and oxygen atoms in total. The van der Waals surface area contributed by atoms with Crippen LogP contribution in [-0.4, -0.2) is 22.0 Å². The van der Waals surface area contributed by atoms with Crippen molar-refractivity contribution in [2.24, 2.45) is 23.7 Å². The number of para-hydroxylation sites is 1. The van der Waals surface area contributed by atoms with E-state index in [-0.39, 0.29) is 17.7 Å². The monoisotopic (exact) mass is 314 g/mol. The van der Waals surface area contributed by atoms with Crippen molar-refractivity contribution in [1.29, 1.82) is 0 Å². The SMILES string of the molecule is O=C(O)[C@@H]1[C@H](C(=O)Nc2nc3ccccc3s2)[C@@H]2C=C[C@H]1C2. The summed E-state index contributed by atoms with van der Waals surface area (Å²) in [4.78, 5) is 28.4. The van der Waals surface area contributed by atoms with E-state index in [1.807, 2.05) is 36.4 Å². The van der Waals surface area contributed by atoms with Crippen molar-refractivity contribution in [2.75, 3.05) is 5.32 Å². The summed E-state index contributed by atoms with van der Waals surface area (Å²) in [6, 6.07) is 7.66. The first-order chi connectivity index (χ1) is 10.6. The minimum absolute atomic E-state index is 0.0198. The number of carbonyl (C=O) groups excluding carboxylic acids is 1. The van der Waals surface area contributed by atoms with Gasteiger partial charge in [0.25, 0.3) is 0 Å². The summed E-state index contributed by atoms with van der Waals surface area (Å²) in [5, 5.41) is 12.8. The summed E-state index contributed by atoms with van der Waals surface area (Å²) < 4.78 is 1.00. The second kappa shape index (κ2) is 4.91. The molecule has 0 saturated heterocycles. The Labute approximate surface area is 130 Å². The maximum atomic E-state index is 12.6. The van der Waals surface area contributed by atoms with Gasteiger partial charge in [-0.15, -0.1) is 0 Å². The Bertz CT molecular complexity index is 765. The quantitative estimate of drug-likeness (QED) is 0.854. The zero-order valence-electron chi connectivity index (χ0n) is 11.6. The number of rotatable bonds is 3. The average Bonchev–Trinajstić information content (AvgIpc) is 3.19. The number of nitrogens with one attached hydrogen (secondary N) is 1. The van der Waals surface area contributed by atoms with Crippen LogP contribution in [0.15, 0.2) is 36.4 Å². The highest BCUT2D eigenvalue weighted by molar-refractivity contribution is 7.22. The van der Waals surface area contributed by atoms with Gasteiger partial charge in [0.2, 0.25) is 5.91 Å². The zero-order valence-corrected chi connectivity index (χ0v) is 12.4. The van der Waals surface area contributed by atoms with Crippen LogP contribution >= 0.6 is 11.3 Å². The highest BCUT2D eigenvalue weighted by atomic mass is 32.1. The van der Waals surface area contributed by atoms with Gasteiger partial charge in [-0.25, -0.2) is 4.98 Å². The van der Waals surface area contributed by atoms with Gasteiger partial charge in [-0.05, 0) is 30.4 Å². The summed E-state index contributed by atoms with van der Waals surface area (Å²) in [5.41, 5.74) is 0.838. The molecular formula is C16H14N2O3S. The molecule has 2 N–H and O–H groups in total. The molecule has 1 aromatic carbocycles. The van der Waals surface area contributed by atoms with Gasteiger partial charge >= 0.3 is 5.97 Å². The maximum Gasteiger partial charge on any atom is 0.307 e. The Morgan fingerprint density at radius 2 is 1.91 bits per heavy atom. The number of amides is 1. The van der Waals surface area contributed by atoms with Gasteiger partial charge < -0.3 is 10.4 Å². The molecule has 1 fully saturated rings. The Morgan fingerprint density at radius 3 is 2.64 bits per heavy atom. The number of carboxylic acids is 1. The molecule has 4 rings (SSSR count). The number of hydrogen-bond donors (Lipinski definition) is 2. The van der Waals surface area contributed by atoms with Gasteiger partial charge in [0.15, 0.2) is 5.13 Å². The van der Waals surface area contributed by atoms with E-state index in [0.29, 0.717) is 5.13 Å². The Kier molecular flexibility index (Phi) is 3.00. The lowest BCUT2D eigenvalue weighted by Gasteiger charge is -2.23. The maximum absolute atomic E-state index is 12.6. The molecule has 1 aromatic heterocycles. The molecule has 2 aliphatic rings. The third kappa shape index (κ3) is 2.02. The molecular weight excluding hydrogens is 300 g/mol. The van der Waals surface area contributed by atoms with Crippen LogP contribution in [0.3, 0.4) is 0 Å². The number of hydrogen-bond acceptors (Lipinski definition) is 4. The number of allylic oxidation sites excluding steroid dienone is 2. The first kappa shape index (κ1) is 13.5. The molecule has 1 amide bonds. The molecule has 1 saturated carbocycles. The topological polar surface area (TPSA) is 79.3 Å². The molecule has 6 heteroatoms. The molecule has 2 aliphatic carbocycles. The van der Waals surface area contributed by atoms with E-state index in [0.717, 1.165) is 16.6 Å². The molecule has 2 bridgehead atoms. The Morgan fingerprint density at radius 1 is 1.18 bits per heavy atom. The van der Waals surface area contributed by atoms with Crippen molar-refractivity contribution in [3.63, 3.8) is 0 Å². The van der Waals surface area contributed by atoms with Gasteiger partial charge in [-0.1, -0.05) is 35.6 Å². The largest absolute Gasteiger partial charge is 0.481 e. The number of thiazole rings is 1. The molecule has 0 unspecified atom stereocenters. The van der Waals surface area contributed by atoms with Crippen molar-refractivity contribution in [3.05, 3.63) is 36.4 Å². The molecule has 112 valence electrons. The van der Waals surface area contributed by atoms with Gasteiger partial charge in [-0.3, -0.25) is 9.59 Å². The van der Waals surface area contributed by atoms with Gasteiger partial charge in [0.05, 0.1) is 22.1 Å². The number of aromatic nitrogens is 1. The first-order valence-electron chi connectivity index (χ1n) is 7.21. The highest BCUT2D eigenvalue weighted by Crippen LogP contribution is 2.48. The van der Waals surface area contributed by atoms with Gasteiger partial charge in [-0.2, -0.15) is 0 Å². The van der Waals surface area contributed by atoms with Gasteiger partial charge in [0.1, 0.15) is 0 Å². The molecule has 0 radical (unpaired) electrons. The van der Waals surface area contributed by atoms with Crippen molar-refractivity contribution >= 4 is 38.6 Å². The second-order valence-corrected chi connectivity index (χ2v) is 6.84. The fourth-order valence-corrected chi connectivity index (χ4v) is 4.50. The van der Waals surface area contributed by atoms with Crippen molar-refractivity contribution < 1.29 is 14.7 Å². The van der Waals surface area contributed by atoms with Crippen LogP contribution in [0.1, 0.15) is 6.42 Å². The number of fused-ring (bicyclic) bond motifs is 3. The van der Waals surface area contributed by atoms with E-state index in [1.165, 1.54) is 11.3 Å². The van der Waals surface area contributed by atoms with Crippen molar-refractivity contribution in [1.82, 2.24) is 4.98 Å². The zero-order chi connectivity index (χ0) is 15.3. The van der Waals surface area contributed by atoms with Crippen LogP contribution in [0, 0.1) is 23.7 Å². The van der Waals surface area contributed by atoms with Crippen LogP contribution in [0.4, 0.5) is 5.13 Å². The van der Waals surface area contributed by atoms with E-state index >= 15 is 0 Å². The third-order valence-electron chi connectivity index (χ3n) is 4.57. The second-order valence-electron chi connectivity index (χ2n) is 5.81. The third-order valence-corrected chi connectivity index (χ3v) is 5.52. The predicted molar refractivity (Wildman–Crippen MR) is 83.6 cm³/mol. The van der Waals surface area contributed by atoms with Crippen LogP contribution < -0.4 is 5.32 Å². The fraction of sp³-hybridized carbons (Fsp3) is 0.312. The van der Waals surface area contributed by atoms with E-state index in [1.54, 1.807) is 0 Å². The normalized spacial score (nSPS) is 29.1. The number of carboxylic acid groups (broad SMARTS) is 1. The van der Waals surface area contributed by atoms with Crippen LogP contribution in [-0.2, 0) is 9.59 Å². The van der Waals surface area contributed by atoms with E-state index in [4.69, 9.17) is 0 Å². The Hall–Kier alpha value is -2.21. The predicted octanol–water partition coefficient (Wildman–Crippen LogP) is 2.76. The van der Waals surface area contributed by atoms with E-state index in [2.05, 4.69) is 10.3 Å². The molecule has 2 aromatic rings. The van der Waals surface area contributed by atoms with Crippen molar-refractivity contribution in [3.8, 4) is 0 Å². The summed E-state index contributed by atoms with van der Waals surface area (Å²) in [6.45, 7) is 0. The number of carbonyl (C=O) groups is 2. The van der Waals surface area contributed by atoms with E-state index in [9.17, 15) is 14.7 Å². The fourth-order valence-electron chi connectivity index (χ4n) is 3.63. The number of benzene rings is 1. The van der Waals surface area contributed by atoms with Gasteiger partial charge in [0, 0.05) is 0 Å². The molecule has 22 heavy (non-hydrogen) atoms. The molecule has 1 heterocycles. The first-order valence-corrected chi connectivity index (χ1v) is 8.03. The molecule has 4 atom stereocenters. The van der Waals surface area contributed by atoms with Crippen LogP contribution in [0.2, 0.25) is 0 Å². The Balaban J connectivity index is 1.59. The van der Waals surface area contributed by atoms with Crippen LogP contribution in [0.25, 0.3) is 10.2 Å². The number of nitrogens with zero attached hydrogens (tertiary/aromatic N) is 1. The number of aliphatic carboxylic acids is 1. The van der Waals surface area contributed by atoms with Crippen LogP contribution in [0.5, 0.6) is 0 Å². The lowest BCUT2D eigenvalue weighted by Crippen LogP contribution is -2.36.